The van der Waals surface area contributed by atoms with Crippen molar-refractivity contribution in [3.8, 4) is 11.5 Å². The zero-order valence-electron chi connectivity index (χ0n) is 11.2. The summed E-state index contributed by atoms with van der Waals surface area (Å²) in [6.07, 6.45) is 0.924. The number of rotatable bonds is 4. The van der Waals surface area contributed by atoms with Gasteiger partial charge in [0.05, 0.1) is 0 Å². The van der Waals surface area contributed by atoms with Crippen LogP contribution in [0.3, 0.4) is 0 Å². The predicted molar refractivity (Wildman–Crippen MR) is 79.9 cm³/mol. The largest absolute Gasteiger partial charge is 0.457 e. The van der Waals surface area contributed by atoms with E-state index in [0.717, 1.165) is 29.0 Å². The van der Waals surface area contributed by atoms with Crippen molar-refractivity contribution in [3.63, 3.8) is 0 Å². The van der Waals surface area contributed by atoms with Gasteiger partial charge in [-0.05, 0) is 48.7 Å². The third-order valence-electron chi connectivity index (χ3n) is 3.13. The van der Waals surface area contributed by atoms with Crippen LogP contribution in [0, 0.1) is 6.92 Å². The molecule has 3 heteroatoms. The van der Waals surface area contributed by atoms with Gasteiger partial charge in [-0.2, -0.15) is 0 Å². The molecular formula is C16H18ClNO. The van der Waals surface area contributed by atoms with Crippen molar-refractivity contribution in [1.82, 2.24) is 0 Å². The molecule has 0 fully saturated rings. The highest BCUT2D eigenvalue weighted by Crippen LogP contribution is 2.28. The molecule has 0 saturated carbocycles. The maximum Gasteiger partial charge on any atom is 0.131 e. The number of halogens is 1. The zero-order chi connectivity index (χ0) is 13.8. The topological polar surface area (TPSA) is 35.2 Å². The van der Waals surface area contributed by atoms with Crippen molar-refractivity contribution < 1.29 is 4.74 Å². The van der Waals surface area contributed by atoms with Gasteiger partial charge in [-0.25, -0.2) is 0 Å². The molecule has 0 bridgehead atoms. The van der Waals surface area contributed by atoms with Gasteiger partial charge in [-0.3, -0.25) is 0 Å². The van der Waals surface area contributed by atoms with Crippen LogP contribution in [0.1, 0.15) is 30.5 Å². The molecule has 2 aromatic rings. The summed E-state index contributed by atoms with van der Waals surface area (Å²) >= 11 is 5.97. The van der Waals surface area contributed by atoms with E-state index in [1.807, 2.05) is 49.4 Å². The number of benzene rings is 2. The number of ether oxygens (including phenoxy) is 1. The molecule has 0 aliphatic rings. The summed E-state index contributed by atoms with van der Waals surface area (Å²) < 4.78 is 5.83. The van der Waals surface area contributed by atoms with Crippen LogP contribution in [-0.2, 0) is 0 Å². The summed E-state index contributed by atoms with van der Waals surface area (Å²) in [4.78, 5) is 0. The Kier molecular flexibility index (Phi) is 4.46. The summed E-state index contributed by atoms with van der Waals surface area (Å²) in [6, 6.07) is 13.6. The third-order valence-corrected chi connectivity index (χ3v) is 3.36. The van der Waals surface area contributed by atoms with Gasteiger partial charge in [-0.15, -0.1) is 0 Å². The van der Waals surface area contributed by atoms with Crippen molar-refractivity contribution in [2.24, 2.45) is 5.73 Å². The Hall–Kier alpha value is -1.51. The Morgan fingerprint density at radius 3 is 2.47 bits per heavy atom. The number of hydrogen-bond donors (Lipinski definition) is 1. The number of nitrogens with two attached hydrogens (primary N) is 1. The highest BCUT2D eigenvalue weighted by Gasteiger charge is 2.05. The van der Waals surface area contributed by atoms with Crippen molar-refractivity contribution in [2.75, 3.05) is 0 Å². The highest BCUT2D eigenvalue weighted by atomic mass is 35.5. The van der Waals surface area contributed by atoms with Gasteiger partial charge in [0.1, 0.15) is 11.5 Å². The smallest absolute Gasteiger partial charge is 0.131 e. The van der Waals surface area contributed by atoms with Crippen LogP contribution in [0.25, 0.3) is 0 Å². The first-order valence-corrected chi connectivity index (χ1v) is 6.77. The monoisotopic (exact) mass is 275 g/mol. The molecule has 0 aliphatic carbocycles. The van der Waals surface area contributed by atoms with Crippen LogP contribution >= 0.6 is 11.6 Å². The summed E-state index contributed by atoms with van der Waals surface area (Å²) in [6.45, 7) is 4.07. The normalized spacial score (nSPS) is 12.2. The first-order valence-electron chi connectivity index (χ1n) is 6.39. The Labute approximate surface area is 119 Å². The summed E-state index contributed by atoms with van der Waals surface area (Å²) in [5.74, 6) is 1.57. The average molecular weight is 276 g/mol. The molecule has 0 spiro atoms. The van der Waals surface area contributed by atoms with Crippen LogP contribution in [0.4, 0.5) is 0 Å². The van der Waals surface area contributed by atoms with Gasteiger partial charge >= 0.3 is 0 Å². The molecular weight excluding hydrogens is 258 g/mol. The van der Waals surface area contributed by atoms with Crippen LogP contribution in [0.5, 0.6) is 11.5 Å². The second-order valence-electron chi connectivity index (χ2n) is 4.60. The minimum Gasteiger partial charge on any atom is -0.457 e. The van der Waals surface area contributed by atoms with Crippen LogP contribution in [0.15, 0.2) is 42.5 Å². The SMILES string of the molecule is CC[C@@H](N)c1ccc(Oc2cc(Cl)ccc2C)cc1. The Morgan fingerprint density at radius 1 is 1.16 bits per heavy atom. The molecule has 100 valence electrons. The van der Waals surface area contributed by atoms with E-state index in [1.165, 1.54) is 0 Å². The minimum absolute atomic E-state index is 0.0851. The molecule has 2 N–H and O–H groups in total. The quantitative estimate of drug-likeness (QED) is 0.866. The predicted octanol–water partition coefficient (Wildman–Crippen LogP) is 4.85. The van der Waals surface area contributed by atoms with Gasteiger partial charge in [-0.1, -0.05) is 36.7 Å². The van der Waals surface area contributed by atoms with E-state index in [1.54, 1.807) is 0 Å². The molecule has 0 heterocycles. The molecule has 2 aromatic carbocycles. The average Bonchev–Trinajstić information content (AvgIpc) is 2.43. The molecule has 2 rings (SSSR count). The first kappa shape index (κ1) is 13.9. The van der Waals surface area contributed by atoms with Crippen molar-refractivity contribution >= 4 is 11.6 Å². The van der Waals surface area contributed by atoms with Gasteiger partial charge in [0.15, 0.2) is 0 Å². The lowest BCUT2D eigenvalue weighted by Gasteiger charge is -2.12. The van der Waals surface area contributed by atoms with E-state index >= 15 is 0 Å². The fraction of sp³-hybridized carbons (Fsp3) is 0.250. The molecule has 2 nitrogen and oxygen atoms in total. The van der Waals surface area contributed by atoms with Crippen molar-refractivity contribution in [3.05, 3.63) is 58.6 Å². The Morgan fingerprint density at radius 2 is 1.84 bits per heavy atom. The Bertz CT molecular complexity index is 551. The molecule has 0 aromatic heterocycles. The Balaban J connectivity index is 2.17. The van der Waals surface area contributed by atoms with Crippen LogP contribution in [0.2, 0.25) is 5.02 Å². The van der Waals surface area contributed by atoms with E-state index in [0.29, 0.717) is 5.02 Å². The second-order valence-corrected chi connectivity index (χ2v) is 5.03. The van der Waals surface area contributed by atoms with Gasteiger partial charge < -0.3 is 10.5 Å². The van der Waals surface area contributed by atoms with Crippen molar-refractivity contribution in [2.45, 2.75) is 26.3 Å². The van der Waals surface area contributed by atoms with E-state index in [2.05, 4.69) is 6.92 Å². The zero-order valence-corrected chi connectivity index (χ0v) is 11.9. The third kappa shape index (κ3) is 3.49. The van der Waals surface area contributed by atoms with Crippen LogP contribution in [-0.4, -0.2) is 0 Å². The number of aryl methyl sites for hydroxylation is 1. The molecule has 0 saturated heterocycles. The minimum atomic E-state index is 0.0851. The molecule has 0 unspecified atom stereocenters. The summed E-state index contributed by atoms with van der Waals surface area (Å²) in [5.41, 5.74) is 8.16. The fourth-order valence-electron chi connectivity index (χ4n) is 1.83. The summed E-state index contributed by atoms with van der Waals surface area (Å²) in [5, 5.41) is 0.672. The maximum atomic E-state index is 5.98. The standard InChI is InChI=1S/C16H18ClNO/c1-3-15(18)12-5-8-14(9-6-12)19-16-10-13(17)7-4-11(16)2/h4-10,15H,3,18H2,1-2H3/t15-/m1/s1. The lowest BCUT2D eigenvalue weighted by atomic mass is 10.1. The first-order chi connectivity index (χ1) is 9.10. The van der Waals surface area contributed by atoms with E-state index in [-0.39, 0.29) is 6.04 Å². The molecule has 0 aliphatic heterocycles. The highest BCUT2D eigenvalue weighted by molar-refractivity contribution is 6.30. The van der Waals surface area contributed by atoms with Crippen LogP contribution < -0.4 is 10.5 Å². The van der Waals surface area contributed by atoms with Gasteiger partial charge in [0.2, 0.25) is 0 Å². The lowest BCUT2D eigenvalue weighted by Crippen LogP contribution is -2.08. The van der Waals surface area contributed by atoms with E-state index < -0.39 is 0 Å². The van der Waals surface area contributed by atoms with Gasteiger partial charge in [0, 0.05) is 11.1 Å². The lowest BCUT2D eigenvalue weighted by molar-refractivity contribution is 0.478. The van der Waals surface area contributed by atoms with E-state index in [9.17, 15) is 0 Å². The van der Waals surface area contributed by atoms with E-state index in [4.69, 9.17) is 22.1 Å². The maximum absolute atomic E-state index is 5.98. The number of hydrogen-bond acceptors (Lipinski definition) is 2. The fourth-order valence-corrected chi connectivity index (χ4v) is 1.99. The molecule has 0 radical (unpaired) electrons. The van der Waals surface area contributed by atoms with Crippen molar-refractivity contribution in [1.29, 1.82) is 0 Å². The molecule has 1 atom stereocenters. The second kappa shape index (κ2) is 6.09. The summed E-state index contributed by atoms with van der Waals surface area (Å²) in [7, 11) is 0. The molecule has 19 heavy (non-hydrogen) atoms. The van der Waals surface area contributed by atoms with Gasteiger partial charge in [0.25, 0.3) is 0 Å². The molecule has 0 amide bonds.